The number of hydrogen-bond donors (Lipinski definition) is 20. The molecule has 374 valence electrons. The summed E-state index contributed by atoms with van der Waals surface area (Å²) in [6.45, 7) is 0. The summed E-state index contributed by atoms with van der Waals surface area (Å²) in [4.78, 5) is 1.22. The van der Waals surface area contributed by atoms with Gasteiger partial charge in [-0.05, 0) is 78.8 Å². The van der Waals surface area contributed by atoms with E-state index < -0.39 is 138 Å². The Balaban J connectivity index is 1.10. The minimum atomic E-state index is -1.35. The van der Waals surface area contributed by atoms with Gasteiger partial charge in [0.25, 0.3) is 0 Å². The second kappa shape index (κ2) is 16.2. The van der Waals surface area contributed by atoms with Crippen LogP contribution in [0.3, 0.4) is 0 Å². The number of nitrogens with zero attached hydrogens (tertiary/aromatic N) is 2. The lowest BCUT2D eigenvalue weighted by Crippen LogP contribution is -2.11. The molecule has 10 aromatic carbocycles. The molecule has 0 heterocycles. The van der Waals surface area contributed by atoms with E-state index in [9.17, 15) is 102 Å². The summed E-state index contributed by atoms with van der Waals surface area (Å²) in [6, 6.07) is 26.4. The average Bonchev–Trinajstić information content (AvgIpc) is 3.41. The molecule has 74 heavy (non-hydrogen) atoms. The van der Waals surface area contributed by atoms with E-state index in [1.54, 1.807) is 0 Å². The lowest BCUT2D eigenvalue weighted by atomic mass is 9.87. The lowest BCUT2D eigenvalue weighted by molar-refractivity contribution is 0.326. The van der Waals surface area contributed by atoms with Gasteiger partial charge >= 0.3 is 0 Å². The maximum Gasteiger partial charge on any atom is 0.208 e. The standard InChI is InChI=1S/C52H36N2O20/c55-33-29(34(56)42(64)49(71)41(33)63)53(30-35(57)43(65)50(72)44(66)36(30)58)21-9-1-17(2-10-21)23-13-5-19-8-16-26-24(14-6-20-7-15-25(23)27(19)28(20)26)18-3-11-22(12-4-18)54(31-37(59)45(67)51(73)46(68)38(31)60)32-39(61)47(69)52(74)48(70)40(32)62/h1-16,55-74H. The number of aromatic hydroxyl groups is 20. The molecule has 0 amide bonds. The fourth-order valence-electron chi connectivity index (χ4n) is 9.16. The van der Waals surface area contributed by atoms with Gasteiger partial charge in [0.15, 0.2) is 46.0 Å². The van der Waals surface area contributed by atoms with Crippen LogP contribution < -0.4 is 9.80 Å². The smallest absolute Gasteiger partial charge is 0.208 e. The van der Waals surface area contributed by atoms with Gasteiger partial charge in [0, 0.05) is 11.4 Å². The van der Waals surface area contributed by atoms with E-state index in [0.717, 1.165) is 32.3 Å². The fraction of sp³-hybridized carbons (Fsp3) is 0. The van der Waals surface area contributed by atoms with E-state index in [2.05, 4.69) is 0 Å². The Bertz CT molecular complexity index is 3520. The minimum absolute atomic E-state index is 0.184. The third-order valence-corrected chi connectivity index (χ3v) is 12.8. The Morgan fingerprint density at radius 1 is 0.203 bits per heavy atom. The summed E-state index contributed by atoms with van der Waals surface area (Å²) in [6.07, 6.45) is 0. The SMILES string of the molecule is Oc1c(O)c(O)c(N(c2ccc(-c3ccc4ccc5c(-c6ccc(N(c7c(O)c(O)c(O)c(O)c7O)c7c(O)c(O)c(O)c(O)c7O)cc6)ccc6ccc3c4c65)cc2)c2c(O)c(O)c(O)c(O)c2O)c(O)c1O. The molecule has 0 spiro atoms. The van der Waals surface area contributed by atoms with Crippen LogP contribution in [0.15, 0.2) is 97.1 Å². The first-order valence-corrected chi connectivity index (χ1v) is 21.3. The first-order chi connectivity index (χ1) is 35.1. The van der Waals surface area contributed by atoms with Crippen LogP contribution in [-0.4, -0.2) is 102 Å². The predicted octanol–water partition coefficient (Wildman–Crippen LogP) is 8.97. The van der Waals surface area contributed by atoms with Crippen molar-refractivity contribution in [2.24, 2.45) is 0 Å². The van der Waals surface area contributed by atoms with Crippen molar-refractivity contribution in [3.8, 4) is 137 Å². The molecule has 0 fully saturated rings. The van der Waals surface area contributed by atoms with Crippen molar-refractivity contribution in [3.05, 3.63) is 97.1 Å². The zero-order valence-electron chi connectivity index (χ0n) is 37.1. The van der Waals surface area contributed by atoms with Crippen LogP contribution in [-0.2, 0) is 0 Å². The number of hydrogen-bond acceptors (Lipinski definition) is 22. The molecule has 0 unspecified atom stereocenters. The zero-order chi connectivity index (χ0) is 53.3. The number of anilines is 6. The van der Waals surface area contributed by atoms with Crippen molar-refractivity contribution >= 4 is 66.4 Å². The highest BCUT2D eigenvalue weighted by Gasteiger charge is 2.37. The zero-order valence-corrected chi connectivity index (χ0v) is 37.1. The Morgan fingerprint density at radius 2 is 0.405 bits per heavy atom. The summed E-state index contributed by atoms with van der Waals surface area (Å²) in [5.74, 6) is -26.6. The summed E-state index contributed by atoms with van der Waals surface area (Å²) in [7, 11) is 0. The summed E-state index contributed by atoms with van der Waals surface area (Å²) in [5.41, 5.74) is -1.91. The minimum Gasteiger partial charge on any atom is -0.503 e. The predicted molar refractivity (Wildman–Crippen MR) is 264 cm³/mol. The molecule has 0 aliphatic carbocycles. The van der Waals surface area contributed by atoms with Crippen LogP contribution in [0.4, 0.5) is 34.1 Å². The quantitative estimate of drug-likeness (QED) is 0.0383. The largest absolute Gasteiger partial charge is 0.503 e. The Morgan fingerprint density at radius 3 is 0.635 bits per heavy atom. The van der Waals surface area contributed by atoms with Crippen molar-refractivity contribution in [2.75, 3.05) is 9.80 Å². The highest BCUT2D eigenvalue weighted by Crippen LogP contribution is 2.65. The maximum atomic E-state index is 11.0. The van der Waals surface area contributed by atoms with E-state index in [1.807, 2.05) is 48.5 Å². The van der Waals surface area contributed by atoms with Crippen LogP contribution in [0.2, 0.25) is 0 Å². The Hall–Kier alpha value is -11.2. The highest BCUT2D eigenvalue weighted by molar-refractivity contribution is 6.27. The molecular weight excluding hydrogens is 973 g/mol. The van der Waals surface area contributed by atoms with Gasteiger partial charge in [-0.15, -0.1) is 0 Å². The second-order valence-electron chi connectivity index (χ2n) is 16.8. The molecule has 0 aliphatic heterocycles. The van der Waals surface area contributed by atoms with E-state index in [1.165, 1.54) is 48.5 Å². The molecule has 22 heteroatoms. The molecule has 0 saturated carbocycles. The Kier molecular flexibility index (Phi) is 10.2. The fourth-order valence-corrected chi connectivity index (χ4v) is 9.16. The molecule has 0 saturated heterocycles. The van der Waals surface area contributed by atoms with E-state index in [4.69, 9.17) is 0 Å². The molecule has 10 aromatic rings. The second-order valence-corrected chi connectivity index (χ2v) is 16.8. The lowest BCUT2D eigenvalue weighted by Gasteiger charge is -2.29. The molecule has 10 rings (SSSR count). The maximum absolute atomic E-state index is 11.0. The third-order valence-electron chi connectivity index (χ3n) is 12.8. The third kappa shape index (κ3) is 6.38. The van der Waals surface area contributed by atoms with Crippen LogP contribution in [0, 0.1) is 0 Å². The van der Waals surface area contributed by atoms with Crippen molar-refractivity contribution in [3.63, 3.8) is 0 Å². The molecule has 0 aromatic heterocycles. The number of phenolic OH excluding ortho intramolecular Hbond substituents is 20. The van der Waals surface area contributed by atoms with Gasteiger partial charge in [-0.3, -0.25) is 9.80 Å². The van der Waals surface area contributed by atoms with Gasteiger partial charge in [-0.1, -0.05) is 72.8 Å². The van der Waals surface area contributed by atoms with Gasteiger partial charge in [-0.25, -0.2) is 0 Å². The number of phenols is 20. The Labute approximate surface area is 411 Å². The highest BCUT2D eigenvalue weighted by atomic mass is 16.4. The van der Waals surface area contributed by atoms with Crippen LogP contribution >= 0.6 is 0 Å². The molecular formula is C52H36N2O20. The summed E-state index contributed by atoms with van der Waals surface area (Å²) >= 11 is 0. The van der Waals surface area contributed by atoms with Gasteiger partial charge in [-0.2, -0.15) is 0 Å². The normalized spacial score (nSPS) is 11.5. The van der Waals surface area contributed by atoms with Gasteiger partial charge < -0.3 is 102 Å². The van der Waals surface area contributed by atoms with Crippen molar-refractivity contribution in [1.82, 2.24) is 0 Å². The average molecular weight is 1010 g/mol. The van der Waals surface area contributed by atoms with E-state index in [0.29, 0.717) is 32.1 Å². The molecule has 0 atom stereocenters. The van der Waals surface area contributed by atoms with E-state index >= 15 is 0 Å². The number of rotatable bonds is 8. The van der Waals surface area contributed by atoms with Crippen LogP contribution in [0.5, 0.6) is 115 Å². The molecule has 0 bridgehead atoms. The van der Waals surface area contributed by atoms with Crippen molar-refractivity contribution < 1.29 is 102 Å². The number of benzene rings is 10. The molecule has 22 nitrogen and oxygen atoms in total. The van der Waals surface area contributed by atoms with Crippen molar-refractivity contribution in [1.29, 1.82) is 0 Å². The first-order valence-electron chi connectivity index (χ1n) is 21.3. The van der Waals surface area contributed by atoms with E-state index in [-0.39, 0.29) is 11.4 Å². The topological polar surface area (TPSA) is 411 Å². The monoisotopic (exact) mass is 1010 g/mol. The van der Waals surface area contributed by atoms with Gasteiger partial charge in [0.05, 0.1) is 0 Å². The summed E-state index contributed by atoms with van der Waals surface area (Å²) in [5, 5.41) is 217. The molecule has 20 N–H and O–H groups in total. The van der Waals surface area contributed by atoms with Crippen molar-refractivity contribution in [2.45, 2.75) is 0 Å². The first kappa shape index (κ1) is 46.6. The van der Waals surface area contributed by atoms with Crippen LogP contribution in [0.1, 0.15) is 0 Å². The molecule has 0 radical (unpaired) electrons. The van der Waals surface area contributed by atoms with Crippen LogP contribution in [0.25, 0.3) is 54.6 Å². The van der Waals surface area contributed by atoms with Gasteiger partial charge in [0.1, 0.15) is 22.7 Å². The summed E-state index contributed by atoms with van der Waals surface area (Å²) < 4.78 is 0. The molecule has 0 aliphatic rings. The van der Waals surface area contributed by atoms with Gasteiger partial charge in [0.2, 0.25) is 69.0 Å².